The second-order valence-corrected chi connectivity index (χ2v) is 7.70. The SMILES string of the molecule is Cn1c(-c2nc(C(=O)N3CCCCC3CCO)cs2)cc2ccccc21. The molecule has 3 aromatic rings. The third-order valence-corrected chi connectivity index (χ3v) is 6.11. The molecule has 0 radical (unpaired) electrons. The number of aliphatic hydroxyl groups excluding tert-OH is 1. The Morgan fingerprint density at radius 2 is 2.19 bits per heavy atom. The van der Waals surface area contributed by atoms with Crippen LogP contribution in [0.2, 0.25) is 0 Å². The maximum Gasteiger partial charge on any atom is 0.273 e. The van der Waals surface area contributed by atoms with Crippen LogP contribution in [0.15, 0.2) is 35.7 Å². The Kier molecular flexibility index (Phi) is 4.78. The number of rotatable bonds is 4. The molecule has 136 valence electrons. The summed E-state index contributed by atoms with van der Waals surface area (Å²) in [6.07, 6.45) is 3.75. The number of aryl methyl sites for hydroxylation is 1. The van der Waals surface area contributed by atoms with Crippen LogP contribution >= 0.6 is 11.3 Å². The van der Waals surface area contributed by atoms with E-state index >= 15 is 0 Å². The monoisotopic (exact) mass is 369 g/mol. The molecular weight excluding hydrogens is 346 g/mol. The molecule has 4 rings (SSSR count). The van der Waals surface area contributed by atoms with Crippen molar-refractivity contribution in [3.8, 4) is 10.7 Å². The van der Waals surface area contributed by atoms with Crippen molar-refractivity contribution in [3.63, 3.8) is 0 Å². The molecule has 1 amide bonds. The predicted octanol–water partition coefficient (Wildman–Crippen LogP) is 3.68. The highest BCUT2D eigenvalue weighted by Crippen LogP contribution is 2.30. The molecule has 0 bridgehead atoms. The van der Waals surface area contributed by atoms with Gasteiger partial charge in [0.15, 0.2) is 0 Å². The fraction of sp³-hybridized carbons (Fsp3) is 0.400. The topological polar surface area (TPSA) is 58.4 Å². The quantitative estimate of drug-likeness (QED) is 0.763. The first-order valence-electron chi connectivity index (χ1n) is 9.11. The molecule has 0 spiro atoms. The van der Waals surface area contributed by atoms with E-state index in [1.165, 1.54) is 16.7 Å². The molecule has 26 heavy (non-hydrogen) atoms. The highest BCUT2D eigenvalue weighted by molar-refractivity contribution is 7.13. The average Bonchev–Trinajstić information content (AvgIpc) is 3.27. The number of thiazole rings is 1. The Labute approximate surface area is 156 Å². The zero-order valence-electron chi connectivity index (χ0n) is 14.9. The van der Waals surface area contributed by atoms with Crippen molar-refractivity contribution in [3.05, 3.63) is 41.4 Å². The number of benzene rings is 1. The molecule has 1 saturated heterocycles. The van der Waals surface area contributed by atoms with Gasteiger partial charge in [0.25, 0.3) is 5.91 Å². The Morgan fingerprint density at radius 1 is 1.35 bits per heavy atom. The van der Waals surface area contributed by atoms with Gasteiger partial charge in [0, 0.05) is 42.5 Å². The Bertz CT molecular complexity index is 928. The summed E-state index contributed by atoms with van der Waals surface area (Å²) in [4.78, 5) is 19.5. The van der Waals surface area contributed by atoms with Gasteiger partial charge in [0.2, 0.25) is 0 Å². The molecule has 1 unspecified atom stereocenters. The lowest BCUT2D eigenvalue weighted by molar-refractivity contribution is 0.0569. The second kappa shape index (κ2) is 7.21. The number of likely N-dealkylation sites (tertiary alicyclic amines) is 1. The summed E-state index contributed by atoms with van der Waals surface area (Å²) >= 11 is 1.51. The van der Waals surface area contributed by atoms with Gasteiger partial charge in [0.1, 0.15) is 10.7 Å². The van der Waals surface area contributed by atoms with Gasteiger partial charge < -0.3 is 14.6 Å². The van der Waals surface area contributed by atoms with Gasteiger partial charge in [-0.25, -0.2) is 4.98 Å². The maximum atomic E-state index is 13.0. The van der Waals surface area contributed by atoms with E-state index < -0.39 is 0 Å². The van der Waals surface area contributed by atoms with Gasteiger partial charge >= 0.3 is 0 Å². The van der Waals surface area contributed by atoms with E-state index in [9.17, 15) is 9.90 Å². The molecule has 1 atom stereocenters. The summed E-state index contributed by atoms with van der Waals surface area (Å²) in [5.74, 6) is -0.00980. The number of nitrogens with zero attached hydrogens (tertiary/aromatic N) is 3. The number of hydrogen-bond acceptors (Lipinski definition) is 4. The van der Waals surface area contributed by atoms with Crippen molar-refractivity contribution in [1.82, 2.24) is 14.5 Å². The highest BCUT2D eigenvalue weighted by atomic mass is 32.1. The highest BCUT2D eigenvalue weighted by Gasteiger charge is 2.28. The number of aromatic nitrogens is 2. The number of carbonyl (C=O) groups excluding carboxylic acids is 1. The molecule has 3 heterocycles. The van der Waals surface area contributed by atoms with E-state index in [0.717, 1.165) is 42.0 Å². The summed E-state index contributed by atoms with van der Waals surface area (Å²) in [5, 5.41) is 13.2. The molecule has 1 aliphatic rings. The van der Waals surface area contributed by atoms with Crippen LogP contribution in [-0.2, 0) is 7.05 Å². The second-order valence-electron chi connectivity index (χ2n) is 6.85. The third kappa shape index (κ3) is 3.04. The minimum absolute atomic E-state index is 0.00980. The lowest BCUT2D eigenvalue weighted by Crippen LogP contribution is -2.44. The van der Waals surface area contributed by atoms with E-state index in [2.05, 4.69) is 27.8 Å². The minimum atomic E-state index is -0.00980. The first kappa shape index (κ1) is 17.2. The normalized spacial score (nSPS) is 17.8. The van der Waals surface area contributed by atoms with Gasteiger partial charge in [-0.1, -0.05) is 18.2 Å². The standard InChI is InChI=1S/C20H23N3O2S/c1-22-17-8-3-2-6-14(17)12-18(22)19-21-16(13-26-19)20(25)23-10-5-4-7-15(23)9-11-24/h2-3,6,8,12-13,15,24H,4-5,7,9-11H2,1H3. The summed E-state index contributed by atoms with van der Waals surface area (Å²) in [6, 6.07) is 10.5. The molecule has 1 aliphatic heterocycles. The van der Waals surface area contributed by atoms with Crippen molar-refractivity contribution in [2.75, 3.05) is 13.2 Å². The Hall–Kier alpha value is -2.18. The Morgan fingerprint density at radius 3 is 3.00 bits per heavy atom. The molecule has 1 aromatic carbocycles. The number of carbonyl (C=O) groups is 1. The van der Waals surface area contributed by atoms with Crippen LogP contribution in [-0.4, -0.2) is 44.7 Å². The lowest BCUT2D eigenvalue weighted by Gasteiger charge is -2.35. The van der Waals surface area contributed by atoms with E-state index in [0.29, 0.717) is 12.1 Å². The average molecular weight is 369 g/mol. The number of hydrogen-bond donors (Lipinski definition) is 1. The maximum absolute atomic E-state index is 13.0. The Balaban J connectivity index is 1.62. The van der Waals surface area contributed by atoms with Crippen molar-refractivity contribution >= 4 is 28.1 Å². The van der Waals surface area contributed by atoms with Crippen molar-refractivity contribution in [2.24, 2.45) is 7.05 Å². The van der Waals surface area contributed by atoms with Crippen LogP contribution in [0.25, 0.3) is 21.6 Å². The smallest absolute Gasteiger partial charge is 0.273 e. The van der Waals surface area contributed by atoms with Gasteiger partial charge in [-0.05, 0) is 37.8 Å². The number of amides is 1. The molecule has 6 heteroatoms. The van der Waals surface area contributed by atoms with Gasteiger partial charge in [-0.2, -0.15) is 0 Å². The molecule has 2 aromatic heterocycles. The van der Waals surface area contributed by atoms with E-state index in [1.54, 1.807) is 0 Å². The lowest BCUT2D eigenvalue weighted by atomic mass is 9.99. The zero-order chi connectivity index (χ0) is 18.1. The first-order valence-corrected chi connectivity index (χ1v) is 9.99. The van der Waals surface area contributed by atoms with Gasteiger partial charge in [-0.3, -0.25) is 4.79 Å². The zero-order valence-corrected chi connectivity index (χ0v) is 15.7. The summed E-state index contributed by atoms with van der Waals surface area (Å²) in [5.41, 5.74) is 2.70. The van der Waals surface area contributed by atoms with E-state index in [1.807, 2.05) is 29.5 Å². The summed E-state index contributed by atoms with van der Waals surface area (Å²) in [6.45, 7) is 0.872. The number of fused-ring (bicyclic) bond motifs is 1. The number of piperidine rings is 1. The van der Waals surface area contributed by atoms with Crippen LogP contribution in [0.4, 0.5) is 0 Å². The van der Waals surface area contributed by atoms with Crippen LogP contribution in [0.3, 0.4) is 0 Å². The summed E-state index contributed by atoms with van der Waals surface area (Å²) < 4.78 is 2.12. The van der Waals surface area contributed by atoms with E-state index in [-0.39, 0.29) is 18.6 Å². The first-order chi connectivity index (χ1) is 12.7. The summed E-state index contributed by atoms with van der Waals surface area (Å²) in [7, 11) is 2.03. The molecule has 1 fully saturated rings. The molecule has 0 aliphatic carbocycles. The van der Waals surface area contributed by atoms with Gasteiger partial charge in [0.05, 0.1) is 5.69 Å². The molecular formula is C20H23N3O2S. The van der Waals surface area contributed by atoms with E-state index in [4.69, 9.17) is 0 Å². The van der Waals surface area contributed by atoms with Crippen LogP contribution in [0.1, 0.15) is 36.2 Å². The molecule has 1 N–H and O–H groups in total. The molecule has 0 saturated carbocycles. The number of aliphatic hydroxyl groups is 1. The predicted molar refractivity (Wildman–Crippen MR) is 104 cm³/mol. The van der Waals surface area contributed by atoms with Gasteiger partial charge in [-0.15, -0.1) is 11.3 Å². The number of para-hydroxylation sites is 1. The van der Waals surface area contributed by atoms with Crippen LogP contribution in [0.5, 0.6) is 0 Å². The largest absolute Gasteiger partial charge is 0.396 e. The fourth-order valence-electron chi connectivity index (χ4n) is 3.85. The molecule has 5 nitrogen and oxygen atoms in total. The third-order valence-electron chi connectivity index (χ3n) is 5.24. The van der Waals surface area contributed by atoms with Crippen LogP contribution < -0.4 is 0 Å². The van der Waals surface area contributed by atoms with Crippen molar-refractivity contribution in [2.45, 2.75) is 31.7 Å². The van der Waals surface area contributed by atoms with Crippen molar-refractivity contribution < 1.29 is 9.90 Å². The minimum Gasteiger partial charge on any atom is -0.396 e. The van der Waals surface area contributed by atoms with Crippen LogP contribution in [0, 0.1) is 0 Å². The fourth-order valence-corrected chi connectivity index (χ4v) is 4.69. The van der Waals surface area contributed by atoms with Crippen molar-refractivity contribution in [1.29, 1.82) is 0 Å².